The molecule has 3 aromatic rings. The van der Waals surface area contributed by atoms with Crippen LogP contribution in [0.15, 0.2) is 48.5 Å². The van der Waals surface area contributed by atoms with Crippen LogP contribution in [0.25, 0.3) is 10.2 Å². The molecule has 0 aliphatic carbocycles. The largest absolute Gasteiger partial charge is 0.322 e. The van der Waals surface area contributed by atoms with Crippen molar-refractivity contribution in [2.75, 3.05) is 26.2 Å². The summed E-state index contributed by atoms with van der Waals surface area (Å²) >= 11 is 1.79. The van der Waals surface area contributed by atoms with Crippen LogP contribution in [0.1, 0.15) is 10.6 Å². The van der Waals surface area contributed by atoms with Crippen molar-refractivity contribution in [2.24, 2.45) is 0 Å². The van der Waals surface area contributed by atoms with Crippen molar-refractivity contribution >= 4 is 27.2 Å². The molecule has 1 aliphatic rings. The predicted molar refractivity (Wildman–Crippen MR) is 102 cm³/mol. The molecule has 1 aromatic heterocycles. The minimum atomic E-state index is -0.274. The molecule has 2 heterocycles. The summed E-state index contributed by atoms with van der Waals surface area (Å²) in [7, 11) is 0. The number of para-hydroxylation sites is 2. The molecule has 2 aromatic carbocycles. The third-order valence-corrected chi connectivity index (χ3v) is 6.07. The smallest absolute Gasteiger partial charge is 0.278 e. The van der Waals surface area contributed by atoms with Gasteiger partial charge in [-0.1, -0.05) is 24.3 Å². The molecular weight excluding hydrogens is 348 g/mol. The van der Waals surface area contributed by atoms with Gasteiger partial charge in [0.25, 0.3) is 5.69 Å². The van der Waals surface area contributed by atoms with Crippen LogP contribution in [-0.4, -0.2) is 36.1 Å². The topological polar surface area (TPSA) is 64.9 Å². The zero-order chi connectivity index (χ0) is 17.9. The van der Waals surface area contributed by atoms with Gasteiger partial charge in [-0.05, 0) is 18.2 Å². The molecule has 0 amide bonds. The van der Waals surface area contributed by atoms with Gasteiger partial charge in [0.05, 0.1) is 20.7 Å². The lowest BCUT2D eigenvalue weighted by Crippen LogP contribution is -3.27. The number of nitrogens with zero attached hydrogens (tertiary/aromatic N) is 2. The lowest BCUT2D eigenvalue weighted by Gasteiger charge is -2.29. The Labute approximate surface area is 155 Å². The third kappa shape index (κ3) is 3.75. The van der Waals surface area contributed by atoms with E-state index >= 15 is 0 Å². The Hall–Kier alpha value is -2.35. The minimum Gasteiger partial charge on any atom is -0.322 e. The molecule has 134 valence electrons. The lowest BCUT2D eigenvalue weighted by molar-refractivity contribution is -1.02. The number of nitro benzene ring substituents is 1. The molecule has 2 N–H and O–H groups in total. The summed E-state index contributed by atoms with van der Waals surface area (Å²) in [5.41, 5.74) is 2.17. The number of rotatable bonds is 5. The van der Waals surface area contributed by atoms with E-state index < -0.39 is 0 Å². The van der Waals surface area contributed by atoms with Crippen LogP contribution in [0.4, 0.5) is 5.69 Å². The van der Waals surface area contributed by atoms with Crippen LogP contribution in [-0.2, 0) is 13.1 Å². The van der Waals surface area contributed by atoms with E-state index in [9.17, 15) is 10.1 Å². The Balaban J connectivity index is 1.35. The van der Waals surface area contributed by atoms with Gasteiger partial charge in [-0.15, -0.1) is 11.3 Å². The predicted octanol–water partition coefficient (Wildman–Crippen LogP) is 0.688. The van der Waals surface area contributed by atoms with Gasteiger partial charge >= 0.3 is 0 Å². The number of hydrogen-bond donors (Lipinski definition) is 2. The molecule has 0 saturated carbocycles. The Kier molecular flexibility index (Phi) is 4.92. The fraction of sp³-hybridized carbons (Fsp3) is 0.316. The Morgan fingerprint density at radius 1 is 0.962 bits per heavy atom. The van der Waals surface area contributed by atoms with Crippen molar-refractivity contribution in [1.29, 1.82) is 0 Å². The van der Waals surface area contributed by atoms with Crippen LogP contribution in [0.2, 0.25) is 0 Å². The first-order valence-corrected chi connectivity index (χ1v) is 9.74. The average molecular weight is 370 g/mol. The van der Waals surface area contributed by atoms with Crippen LogP contribution in [0.3, 0.4) is 0 Å². The Morgan fingerprint density at radius 3 is 2.35 bits per heavy atom. The van der Waals surface area contributed by atoms with E-state index in [0.29, 0.717) is 0 Å². The maximum absolute atomic E-state index is 11.2. The summed E-state index contributed by atoms with van der Waals surface area (Å²) in [6.07, 6.45) is 0. The summed E-state index contributed by atoms with van der Waals surface area (Å²) in [5, 5.41) is 12.4. The number of fused-ring (bicyclic) bond motifs is 1. The van der Waals surface area contributed by atoms with E-state index in [4.69, 9.17) is 4.98 Å². The van der Waals surface area contributed by atoms with Gasteiger partial charge in [-0.3, -0.25) is 10.1 Å². The maximum atomic E-state index is 11.2. The van der Waals surface area contributed by atoms with Gasteiger partial charge in [-0.2, -0.15) is 0 Å². The normalized spacial score (nSPS) is 20.3. The summed E-state index contributed by atoms with van der Waals surface area (Å²) < 4.78 is 1.25. The van der Waals surface area contributed by atoms with E-state index in [1.165, 1.54) is 14.6 Å². The van der Waals surface area contributed by atoms with Crippen molar-refractivity contribution in [3.8, 4) is 0 Å². The van der Waals surface area contributed by atoms with E-state index in [0.717, 1.165) is 50.3 Å². The molecule has 0 spiro atoms. The van der Waals surface area contributed by atoms with E-state index in [-0.39, 0.29) is 10.6 Å². The molecule has 0 atom stereocenters. The molecule has 1 fully saturated rings. The highest BCUT2D eigenvalue weighted by Crippen LogP contribution is 2.20. The Bertz CT molecular complexity index is 886. The van der Waals surface area contributed by atoms with E-state index in [2.05, 4.69) is 18.2 Å². The first-order chi connectivity index (χ1) is 12.7. The van der Waals surface area contributed by atoms with Gasteiger partial charge in [0.15, 0.2) is 0 Å². The highest BCUT2D eigenvalue weighted by atomic mass is 32.1. The fourth-order valence-electron chi connectivity index (χ4n) is 3.63. The van der Waals surface area contributed by atoms with Crippen LogP contribution in [0.5, 0.6) is 0 Å². The van der Waals surface area contributed by atoms with Crippen molar-refractivity contribution in [3.63, 3.8) is 0 Å². The van der Waals surface area contributed by atoms with Crippen molar-refractivity contribution < 1.29 is 14.7 Å². The number of thiazole rings is 1. The highest BCUT2D eigenvalue weighted by molar-refractivity contribution is 7.18. The highest BCUT2D eigenvalue weighted by Gasteiger charge is 2.26. The minimum absolute atomic E-state index is 0.240. The van der Waals surface area contributed by atoms with Gasteiger partial charge in [0.1, 0.15) is 44.3 Å². The number of quaternary nitrogens is 2. The molecule has 0 unspecified atom stereocenters. The van der Waals surface area contributed by atoms with Gasteiger partial charge in [0.2, 0.25) is 0 Å². The fourth-order valence-corrected chi connectivity index (χ4v) is 4.67. The van der Waals surface area contributed by atoms with Crippen LogP contribution < -0.4 is 9.80 Å². The summed E-state index contributed by atoms with van der Waals surface area (Å²) in [6.45, 7) is 5.92. The maximum Gasteiger partial charge on any atom is 0.278 e. The Morgan fingerprint density at radius 2 is 1.62 bits per heavy atom. The third-order valence-electron chi connectivity index (χ3n) is 5.03. The lowest BCUT2D eigenvalue weighted by atomic mass is 10.1. The quantitative estimate of drug-likeness (QED) is 0.513. The van der Waals surface area contributed by atoms with Gasteiger partial charge in [-0.25, -0.2) is 4.98 Å². The first kappa shape index (κ1) is 17.1. The van der Waals surface area contributed by atoms with Crippen LogP contribution >= 0.6 is 11.3 Å². The molecule has 6 nitrogen and oxygen atoms in total. The average Bonchev–Trinajstić information content (AvgIpc) is 3.06. The van der Waals surface area contributed by atoms with Crippen LogP contribution in [0, 0.1) is 10.1 Å². The zero-order valence-electron chi connectivity index (χ0n) is 14.5. The summed E-state index contributed by atoms with van der Waals surface area (Å²) in [4.78, 5) is 18.6. The number of aromatic nitrogens is 1. The van der Waals surface area contributed by atoms with Gasteiger partial charge in [0, 0.05) is 6.07 Å². The number of piperazine rings is 1. The second-order valence-corrected chi connectivity index (χ2v) is 7.93. The summed E-state index contributed by atoms with van der Waals surface area (Å²) in [5.74, 6) is 0. The monoisotopic (exact) mass is 370 g/mol. The standard InChI is InChI=1S/C19H20N4O2S/c24-23(25)17-7-3-1-5-15(17)13-21-9-11-22(12-10-21)14-19-20-16-6-2-4-8-18(16)26-19/h1-8H,9-14H2/p+2. The molecule has 1 aliphatic heterocycles. The first-order valence-electron chi connectivity index (χ1n) is 8.93. The molecule has 1 saturated heterocycles. The molecular formula is C19H22N4O2S+2. The number of hydrogen-bond acceptors (Lipinski definition) is 4. The second-order valence-electron chi connectivity index (χ2n) is 6.81. The van der Waals surface area contributed by atoms with Gasteiger partial charge < -0.3 is 9.80 Å². The zero-order valence-corrected chi connectivity index (χ0v) is 15.3. The van der Waals surface area contributed by atoms with Crippen molar-refractivity contribution in [3.05, 3.63) is 69.2 Å². The molecule has 0 radical (unpaired) electrons. The number of benzene rings is 2. The number of nitro groups is 1. The van der Waals surface area contributed by atoms with E-state index in [1.54, 1.807) is 28.4 Å². The second kappa shape index (κ2) is 7.49. The summed E-state index contributed by atoms with van der Waals surface area (Å²) in [6, 6.07) is 15.4. The van der Waals surface area contributed by atoms with Crippen molar-refractivity contribution in [1.82, 2.24) is 4.98 Å². The molecule has 26 heavy (non-hydrogen) atoms. The SMILES string of the molecule is O=[N+]([O-])c1ccccc1C[NH+]1CC[NH+](Cc2nc3ccccc3s2)CC1. The molecule has 0 bridgehead atoms. The van der Waals surface area contributed by atoms with E-state index in [1.807, 2.05) is 18.2 Å². The van der Waals surface area contributed by atoms with Crippen molar-refractivity contribution in [2.45, 2.75) is 13.1 Å². The molecule has 4 rings (SSSR count). The number of nitrogens with one attached hydrogen (secondary N) is 2. The molecule has 7 heteroatoms.